The van der Waals surface area contributed by atoms with Gasteiger partial charge in [0, 0.05) is 12.6 Å². The van der Waals surface area contributed by atoms with E-state index in [0.717, 1.165) is 6.42 Å². The maximum atomic E-state index is 11.1. The van der Waals surface area contributed by atoms with Crippen LogP contribution < -0.4 is 11.1 Å². The average molecular weight is 184 g/mol. The van der Waals surface area contributed by atoms with Gasteiger partial charge in [0.05, 0.1) is 0 Å². The third-order valence-corrected chi connectivity index (χ3v) is 1.70. The zero-order valence-corrected chi connectivity index (χ0v) is 8.71. The Bertz CT molecular complexity index is 176. The van der Waals surface area contributed by atoms with Crippen LogP contribution in [0.1, 0.15) is 27.2 Å². The van der Waals surface area contributed by atoms with E-state index in [4.69, 9.17) is 5.73 Å². The van der Waals surface area contributed by atoms with Gasteiger partial charge in [-0.1, -0.05) is 19.9 Å². The summed E-state index contributed by atoms with van der Waals surface area (Å²) in [6, 6.07) is 0.101. The summed E-state index contributed by atoms with van der Waals surface area (Å²) in [5.74, 6) is 0.498. The van der Waals surface area contributed by atoms with Crippen molar-refractivity contribution < 1.29 is 4.79 Å². The van der Waals surface area contributed by atoms with Gasteiger partial charge in [-0.15, -0.1) is 0 Å². The van der Waals surface area contributed by atoms with E-state index < -0.39 is 0 Å². The smallest absolute Gasteiger partial charge is 0.243 e. The molecule has 0 aliphatic carbocycles. The molecule has 13 heavy (non-hydrogen) atoms. The molecule has 0 aromatic heterocycles. The number of nitrogens with two attached hydrogens (primary N) is 1. The molecule has 0 spiro atoms. The second-order valence-corrected chi connectivity index (χ2v) is 3.57. The Hall–Kier alpha value is -0.830. The fourth-order valence-corrected chi connectivity index (χ4v) is 1.18. The quantitative estimate of drug-likeness (QED) is 0.627. The van der Waals surface area contributed by atoms with Crippen molar-refractivity contribution in [3.05, 3.63) is 12.2 Å². The van der Waals surface area contributed by atoms with Crippen LogP contribution in [0.5, 0.6) is 0 Å². The Morgan fingerprint density at radius 2 is 2.15 bits per heavy atom. The van der Waals surface area contributed by atoms with Gasteiger partial charge in [0.25, 0.3) is 0 Å². The lowest BCUT2D eigenvalue weighted by molar-refractivity contribution is -0.117. The first-order chi connectivity index (χ1) is 6.10. The molecule has 0 aliphatic rings. The lowest BCUT2D eigenvalue weighted by atomic mass is 10.0. The highest BCUT2D eigenvalue weighted by atomic mass is 16.1. The number of hydrogen-bond donors (Lipinski definition) is 2. The van der Waals surface area contributed by atoms with Gasteiger partial charge >= 0.3 is 0 Å². The van der Waals surface area contributed by atoms with Crippen LogP contribution >= 0.6 is 0 Å². The van der Waals surface area contributed by atoms with E-state index in [1.54, 1.807) is 6.08 Å². The van der Waals surface area contributed by atoms with Crippen LogP contribution in [0, 0.1) is 5.92 Å². The highest BCUT2D eigenvalue weighted by Crippen LogP contribution is 2.03. The maximum Gasteiger partial charge on any atom is 0.243 e. The molecule has 0 fully saturated rings. The highest BCUT2D eigenvalue weighted by molar-refractivity contribution is 5.87. The minimum atomic E-state index is -0.0569. The van der Waals surface area contributed by atoms with Gasteiger partial charge in [-0.2, -0.15) is 0 Å². The second-order valence-electron chi connectivity index (χ2n) is 3.57. The molecule has 0 aromatic rings. The third-order valence-electron chi connectivity index (χ3n) is 1.70. The van der Waals surface area contributed by atoms with E-state index in [1.807, 2.05) is 6.92 Å². The molecule has 0 radical (unpaired) electrons. The van der Waals surface area contributed by atoms with Gasteiger partial charge in [0.1, 0.15) is 0 Å². The summed E-state index contributed by atoms with van der Waals surface area (Å²) >= 11 is 0. The first-order valence-corrected chi connectivity index (χ1v) is 4.73. The van der Waals surface area contributed by atoms with Crippen LogP contribution in [-0.4, -0.2) is 18.5 Å². The maximum absolute atomic E-state index is 11.1. The number of nitrogens with one attached hydrogen (secondary N) is 1. The Morgan fingerprint density at radius 3 is 2.54 bits per heavy atom. The van der Waals surface area contributed by atoms with Crippen molar-refractivity contribution in [3.63, 3.8) is 0 Å². The summed E-state index contributed by atoms with van der Waals surface area (Å²) in [7, 11) is 0. The predicted octanol–water partition coefficient (Wildman–Crippen LogP) is 1.05. The molecule has 0 heterocycles. The summed E-state index contributed by atoms with van der Waals surface area (Å²) in [6.07, 6.45) is 4.17. The molecule has 1 atom stereocenters. The molecule has 3 N–H and O–H groups in total. The van der Waals surface area contributed by atoms with Crippen LogP contribution in [0.3, 0.4) is 0 Å². The van der Waals surface area contributed by atoms with Gasteiger partial charge in [-0.05, 0) is 25.3 Å². The molecule has 3 nitrogen and oxygen atoms in total. The molecule has 3 heteroatoms. The van der Waals surface area contributed by atoms with Gasteiger partial charge in [0.15, 0.2) is 0 Å². The fraction of sp³-hybridized carbons (Fsp3) is 0.700. The Kier molecular flexibility index (Phi) is 6.24. The number of carbonyl (C=O) groups is 1. The van der Waals surface area contributed by atoms with Crippen molar-refractivity contribution in [2.24, 2.45) is 11.7 Å². The van der Waals surface area contributed by atoms with E-state index in [1.165, 1.54) is 6.08 Å². The molecule has 0 saturated carbocycles. The lowest BCUT2D eigenvalue weighted by Crippen LogP contribution is -2.40. The summed E-state index contributed by atoms with van der Waals surface area (Å²) in [6.45, 7) is 6.55. The molecule has 0 bridgehead atoms. The van der Waals surface area contributed by atoms with Gasteiger partial charge in [-0.3, -0.25) is 4.79 Å². The fourth-order valence-electron chi connectivity index (χ4n) is 1.18. The number of hydrogen-bond acceptors (Lipinski definition) is 2. The first-order valence-electron chi connectivity index (χ1n) is 4.73. The van der Waals surface area contributed by atoms with E-state index in [9.17, 15) is 4.79 Å². The number of amides is 1. The standard InChI is InChI=1S/C10H20N2O/c1-4-5-10(13)12-9(7-11)6-8(2)3/h4-5,8-9H,6-7,11H2,1-3H3,(H,12,13). The molecule has 0 saturated heterocycles. The third kappa shape index (κ3) is 6.34. The number of allylic oxidation sites excluding steroid dienone is 1. The number of carbonyl (C=O) groups excluding carboxylic acids is 1. The topological polar surface area (TPSA) is 55.1 Å². The molecule has 1 unspecified atom stereocenters. The molecule has 0 aliphatic heterocycles. The predicted molar refractivity (Wildman–Crippen MR) is 55.3 cm³/mol. The lowest BCUT2D eigenvalue weighted by Gasteiger charge is -2.17. The minimum Gasteiger partial charge on any atom is -0.349 e. The zero-order valence-electron chi connectivity index (χ0n) is 8.71. The van der Waals surface area contributed by atoms with Crippen molar-refractivity contribution >= 4 is 5.91 Å². The van der Waals surface area contributed by atoms with Gasteiger partial charge in [0.2, 0.25) is 5.91 Å². The van der Waals surface area contributed by atoms with Crippen LogP contribution in [0.2, 0.25) is 0 Å². The highest BCUT2D eigenvalue weighted by Gasteiger charge is 2.09. The zero-order chi connectivity index (χ0) is 10.3. The molecular formula is C10H20N2O. The Labute approximate surface area is 80.4 Å². The Morgan fingerprint density at radius 1 is 1.54 bits per heavy atom. The van der Waals surface area contributed by atoms with E-state index in [2.05, 4.69) is 19.2 Å². The normalized spacial score (nSPS) is 13.6. The largest absolute Gasteiger partial charge is 0.349 e. The molecule has 0 rings (SSSR count). The second kappa shape index (κ2) is 6.66. The summed E-state index contributed by atoms with van der Waals surface area (Å²) in [4.78, 5) is 11.1. The average Bonchev–Trinajstić information content (AvgIpc) is 2.02. The van der Waals surface area contributed by atoms with Gasteiger partial charge < -0.3 is 11.1 Å². The molecule has 76 valence electrons. The van der Waals surface area contributed by atoms with Crippen LogP contribution in [-0.2, 0) is 4.79 Å². The molecule has 0 aromatic carbocycles. The van der Waals surface area contributed by atoms with Crippen molar-refractivity contribution in [1.82, 2.24) is 5.32 Å². The van der Waals surface area contributed by atoms with Crippen LogP contribution in [0.25, 0.3) is 0 Å². The first kappa shape index (κ1) is 12.2. The van der Waals surface area contributed by atoms with Crippen molar-refractivity contribution in [2.45, 2.75) is 33.2 Å². The SMILES string of the molecule is CC=CC(=O)NC(CN)CC(C)C. The van der Waals surface area contributed by atoms with Crippen molar-refractivity contribution in [3.8, 4) is 0 Å². The molecule has 1 amide bonds. The molecular weight excluding hydrogens is 164 g/mol. The van der Waals surface area contributed by atoms with Gasteiger partial charge in [-0.25, -0.2) is 0 Å². The Balaban J connectivity index is 3.90. The monoisotopic (exact) mass is 184 g/mol. The van der Waals surface area contributed by atoms with E-state index in [0.29, 0.717) is 12.5 Å². The van der Waals surface area contributed by atoms with Crippen LogP contribution in [0.4, 0.5) is 0 Å². The number of rotatable bonds is 5. The summed E-state index contributed by atoms with van der Waals surface area (Å²) in [5.41, 5.74) is 5.53. The van der Waals surface area contributed by atoms with E-state index >= 15 is 0 Å². The van der Waals surface area contributed by atoms with E-state index in [-0.39, 0.29) is 11.9 Å². The summed E-state index contributed by atoms with van der Waals surface area (Å²) in [5, 5.41) is 2.85. The van der Waals surface area contributed by atoms with Crippen LogP contribution in [0.15, 0.2) is 12.2 Å². The van der Waals surface area contributed by atoms with Crippen molar-refractivity contribution in [1.29, 1.82) is 0 Å². The minimum absolute atomic E-state index is 0.0569. The van der Waals surface area contributed by atoms with Crippen molar-refractivity contribution in [2.75, 3.05) is 6.54 Å². The summed E-state index contributed by atoms with van der Waals surface area (Å²) < 4.78 is 0.